The minimum Gasteiger partial charge on any atom is -0.464 e. The molecule has 7 rings (SSSR count). The number of fused-ring (bicyclic) bond motifs is 4. The number of pyridine rings is 2. The smallest absolute Gasteiger partial charge is 0.197 e. The molecule has 0 aliphatic heterocycles. The maximum Gasteiger partial charge on any atom is 0.197 e. The lowest BCUT2D eigenvalue weighted by Gasteiger charge is -2.17. The minimum atomic E-state index is -0.0831. The predicted molar refractivity (Wildman–Crippen MR) is 142 cm³/mol. The lowest BCUT2D eigenvalue weighted by molar-refractivity contribution is 0.582. The zero-order chi connectivity index (χ0) is 24.6. The van der Waals surface area contributed by atoms with Crippen molar-refractivity contribution in [2.45, 2.75) is 0 Å². The first-order valence-electron chi connectivity index (χ1n) is 11.6. The minimum absolute atomic E-state index is 0.0831. The van der Waals surface area contributed by atoms with Gasteiger partial charge in [-0.15, -0.1) is 0 Å². The van der Waals surface area contributed by atoms with E-state index in [1.165, 1.54) is 0 Å². The van der Waals surface area contributed by atoms with Gasteiger partial charge in [0.15, 0.2) is 10.9 Å². The summed E-state index contributed by atoms with van der Waals surface area (Å²) in [4.78, 5) is 27.5. The summed E-state index contributed by atoms with van der Waals surface area (Å²) in [6.45, 7) is 0. The van der Waals surface area contributed by atoms with Gasteiger partial charge < -0.3 is 18.0 Å². The lowest BCUT2D eigenvalue weighted by atomic mass is 10.0. The van der Waals surface area contributed by atoms with Crippen molar-refractivity contribution in [1.82, 2.24) is 9.13 Å². The molecule has 0 amide bonds. The van der Waals surface area contributed by atoms with Crippen LogP contribution in [0.5, 0.6) is 0 Å². The summed E-state index contributed by atoms with van der Waals surface area (Å²) in [5, 5.41) is 2.30. The Bertz CT molecular complexity index is 1940. The number of rotatable bonds is 2. The Kier molecular flexibility index (Phi) is 4.18. The molecule has 0 unspecified atom stereocenters. The average Bonchev–Trinajstić information content (AvgIpc) is 3.64. The number of hydrogen-bond acceptors (Lipinski definition) is 4. The van der Waals surface area contributed by atoms with Crippen LogP contribution in [0.2, 0.25) is 0 Å². The highest BCUT2D eigenvalue weighted by Gasteiger charge is 2.19. The van der Waals surface area contributed by atoms with Crippen LogP contribution in [0.1, 0.15) is 0 Å². The zero-order valence-electron chi connectivity index (χ0n) is 19.6. The maximum absolute atomic E-state index is 13.8. The van der Waals surface area contributed by atoms with E-state index in [1.807, 2.05) is 96.0 Å². The fourth-order valence-corrected chi connectivity index (χ4v) is 5.46. The normalized spacial score (nSPS) is 11.8. The fraction of sp³-hybridized carbons (Fsp3) is 0.0667. The lowest BCUT2D eigenvalue weighted by Crippen LogP contribution is -2.14. The van der Waals surface area contributed by atoms with Gasteiger partial charge in [-0.3, -0.25) is 9.59 Å². The molecule has 0 saturated heterocycles. The molecule has 36 heavy (non-hydrogen) atoms. The molecular weight excluding hydrogens is 452 g/mol. The second-order valence-corrected chi connectivity index (χ2v) is 9.02. The van der Waals surface area contributed by atoms with Crippen molar-refractivity contribution in [3.05, 3.63) is 106 Å². The summed E-state index contributed by atoms with van der Waals surface area (Å²) in [5.74, 6) is 1.37. The van der Waals surface area contributed by atoms with E-state index in [4.69, 9.17) is 8.83 Å². The van der Waals surface area contributed by atoms with Crippen molar-refractivity contribution in [2.75, 3.05) is 0 Å². The molecule has 3 aromatic carbocycles. The first-order chi connectivity index (χ1) is 17.5. The number of nitrogens with zero attached hydrogens (tertiary/aromatic N) is 2. The van der Waals surface area contributed by atoms with Crippen LogP contribution in [0.3, 0.4) is 0 Å². The van der Waals surface area contributed by atoms with Gasteiger partial charge in [-0.05, 0) is 60.7 Å². The number of hydrogen-bond donors (Lipinski definition) is 0. The Balaban J connectivity index is 1.66. The van der Waals surface area contributed by atoms with Gasteiger partial charge in [0.2, 0.25) is 0 Å². The van der Waals surface area contributed by atoms with E-state index in [1.54, 1.807) is 12.5 Å². The highest BCUT2D eigenvalue weighted by Crippen LogP contribution is 2.33. The third-order valence-electron chi connectivity index (χ3n) is 7.13. The molecule has 0 fully saturated rings. The molecule has 0 aliphatic carbocycles. The standard InChI is InChI=1S/C30H20N2O4/c1-31-23-15-22-24(32(2)28-18(26-12-6-14-36-26)8-4-10-20(28)30(22)34)16-21(23)29(33)19-9-3-7-17(27(19)31)25-11-5-13-35-25/h3-16H,1-2H3. The Morgan fingerprint density at radius 3 is 1.39 bits per heavy atom. The molecule has 0 radical (unpaired) electrons. The molecule has 6 nitrogen and oxygen atoms in total. The first kappa shape index (κ1) is 20.5. The van der Waals surface area contributed by atoms with Crippen molar-refractivity contribution in [1.29, 1.82) is 0 Å². The van der Waals surface area contributed by atoms with Crippen molar-refractivity contribution in [3.63, 3.8) is 0 Å². The van der Waals surface area contributed by atoms with Crippen LogP contribution < -0.4 is 10.9 Å². The Hall–Kier alpha value is -4.84. The third-order valence-corrected chi connectivity index (χ3v) is 7.13. The van der Waals surface area contributed by atoms with Gasteiger partial charge >= 0.3 is 0 Å². The van der Waals surface area contributed by atoms with E-state index in [0.717, 1.165) is 22.2 Å². The second-order valence-electron chi connectivity index (χ2n) is 9.02. The average molecular weight is 473 g/mol. The fourth-order valence-electron chi connectivity index (χ4n) is 5.46. The van der Waals surface area contributed by atoms with Crippen LogP contribution in [0, 0.1) is 0 Å². The van der Waals surface area contributed by atoms with Gasteiger partial charge in [0.1, 0.15) is 11.5 Å². The van der Waals surface area contributed by atoms with Crippen LogP contribution in [0.4, 0.5) is 0 Å². The van der Waals surface area contributed by atoms with Crippen molar-refractivity contribution in [3.8, 4) is 22.6 Å². The summed E-state index contributed by atoms with van der Waals surface area (Å²) in [6.07, 6.45) is 3.24. The maximum atomic E-state index is 13.8. The van der Waals surface area contributed by atoms with Gasteiger partial charge in [0, 0.05) is 46.8 Å². The van der Waals surface area contributed by atoms with Crippen molar-refractivity contribution in [2.24, 2.45) is 14.1 Å². The van der Waals surface area contributed by atoms with E-state index in [9.17, 15) is 9.59 Å². The third kappa shape index (κ3) is 2.66. The number of furan rings is 2. The van der Waals surface area contributed by atoms with E-state index in [2.05, 4.69) is 0 Å². The van der Waals surface area contributed by atoms with E-state index >= 15 is 0 Å². The summed E-state index contributed by atoms with van der Waals surface area (Å²) < 4.78 is 15.3. The predicted octanol–water partition coefficient (Wildman–Crippen LogP) is 6.22. The van der Waals surface area contributed by atoms with Crippen molar-refractivity contribution < 1.29 is 8.83 Å². The molecule has 4 aromatic heterocycles. The monoisotopic (exact) mass is 472 g/mol. The van der Waals surface area contributed by atoms with Crippen molar-refractivity contribution >= 4 is 43.6 Å². The quantitative estimate of drug-likeness (QED) is 0.280. The molecule has 0 atom stereocenters. The highest BCUT2D eigenvalue weighted by atomic mass is 16.3. The zero-order valence-corrected chi connectivity index (χ0v) is 19.6. The Labute approximate surface area is 204 Å². The molecule has 0 saturated carbocycles. The van der Waals surface area contributed by atoms with E-state index < -0.39 is 0 Å². The Morgan fingerprint density at radius 1 is 0.556 bits per heavy atom. The molecular formula is C30H20N2O4. The first-order valence-corrected chi connectivity index (χ1v) is 11.6. The molecule has 0 aliphatic rings. The summed E-state index contributed by atoms with van der Waals surface area (Å²) >= 11 is 0. The van der Waals surface area contributed by atoms with Crippen LogP contribution in [0.15, 0.2) is 104 Å². The van der Waals surface area contributed by atoms with Crippen LogP contribution in [-0.4, -0.2) is 9.13 Å². The van der Waals surface area contributed by atoms with Crippen LogP contribution in [0.25, 0.3) is 66.3 Å². The Morgan fingerprint density at radius 2 is 1.00 bits per heavy atom. The largest absolute Gasteiger partial charge is 0.464 e. The number of aromatic nitrogens is 2. The van der Waals surface area contributed by atoms with Gasteiger partial charge in [-0.25, -0.2) is 0 Å². The molecule has 0 N–H and O–H groups in total. The second kappa shape index (κ2) is 7.33. The summed E-state index contributed by atoms with van der Waals surface area (Å²) in [7, 11) is 3.84. The molecule has 6 heteroatoms. The van der Waals surface area contributed by atoms with Crippen LogP contribution in [-0.2, 0) is 14.1 Å². The van der Waals surface area contributed by atoms with Gasteiger partial charge in [0.25, 0.3) is 0 Å². The molecule has 0 spiro atoms. The van der Waals surface area contributed by atoms with Gasteiger partial charge in [-0.1, -0.05) is 12.1 Å². The van der Waals surface area contributed by atoms with Gasteiger partial charge in [-0.2, -0.15) is 0 Å². The van der Waals surface area contributed by atoms with E-state index in [-0.39, 0.29) is 10.9 Å². The molecule has 0 bridgehead atoms. The number of aryl methyl sites for hydroxylation is 2. The van der Waals surface area contributed by atoms with E-state index in [0.29, 0.717) is 44.1 Å². The SMILES string of the molecule is Cn1c2cc3c(=O)c4cccc(-c5ccco5)c4n(C)c3cc2c(=O)c2cccc(-c3ccco3)c21. The topological polar surface area (TPSA) is 70.3 Å². The van der Waals surface area contributed by atoms with Gasteiger partial charge in [0.05, 0.1) is 34.6 Å². The number of benzene rings is 3. The highest BCUT2D eigenvalue weighted by molar-refractivity contribution is 6.07. The molecule has 174 valence electrons. The molecule has 4 heterocycles. The summed E-state index contributed by atoms with van der Waals surface area (Å²) in [5.41, 5.74) is 4.40. The van der Waals surface area contributed by atoms with Crippen LogP contribution >= 0.6 is 0 Å². The number of para-hydroxylation sites is 2. The summed E-state index contributed by atoms with van der Waals surface area (Å²) in [6, 6.07) is 22.4. The molecule has 7 aromatic rings.